The summed E-state index contributed by atoms with van der Waals surface area (Å²) in [6.07, 6.45) is 0. The molecule has 1 aromatic carbocycles. The van der Waals surface area contributed by atoms with E-state index < -0.39 is 0 Å². The highest BCUT2D eigenvalue weighted by Crippen LogP contribution is 1.79. The summed E-state index contributed by atoms with van der Waals surface area (Å²) >= 11 is 0. The van der Waals surface area contributed by atoms with Gasteiger partial charge in [-0.2, -0.15) is 0 Å². The van der Waals surface area contributed by atoms with Gasteiger partial charge >= 0.3 is 0 Å². The topological polar surface area (TPSA) is 35.2 Å². The zero-order chi connectivity index (χ0) is 9.66. The highest BCUT2D eigenvalue weighted by molar-refractivity contribution is 4.99. The van der Waals surface area contributed by atoms with E-state index in [-0.39, 0.29) is 0 Å². The lowest BCUT2D eigenvalue weighted by molar-refractivity contribution is 0.207. The maximum absolute atomic E-state index is 4.81. The number of nitrogens with two attached hydrogens (primary N) is 1. The molecule has 0 fully saturated rings. The summed E-state index contributed by atoms with van der Waals surface area (Å²) < 4.78 is 4.32. The maximum atomic E-state index is 4.81. The number of ether oxygens (including phenoxy) is 1. The molecule has 0 heterocycles. The Morgan fingerprint density at radius 3 is 1.17 bits per heavy atom. The number of rotatable bonds is 1. The van der Waals surface area contributed by atoms with Crippen molar-refractivity contribution in [3.8, 4) is 0 Å². The molecule has 1 aromatic rings. The predicted octanol–water partition coefficient (Wildman–Crippen LogP) is 2.26. The van der Waals surface area contributed by atoms with Crippen LogP contribution < -0.4 is 5.73 Å². The van der Waals surface area contributed by atoms with Crippen LogP contribution in [0, 0.1) is 0 Å². The van der Waals surface area contributed by atoms with Gasteiger partial charge in [0.25, 0.3) is 0 Å². The van der Waals surface area contributed by atoms with Gasteiger partial charge in [-0.1, -0.05) is 50.2 Å². The molecule has 70 valence electrons. The summed E-state index contributed by atoms with van der Waals surface area (Å²) in [5.41, 5.74) is 4.81. The summed E-state index contributed by atoms with van der Waals surface area (Å²) in [5.74, 6) is 0. The van der Waals surface area contributed by atoms with Crippen molar-refractivity contribution in [1.29, 1.82) is 0 Å². The normalized spacial score (nSPS) is 7.00. The van der Waals surface area contributed by atoms with Crippen LogP contribution >= 0.6 is 0 Å². The minimum atomic E-state index is 0.319. The van der Waals surface area contributed by atoms with E-state index in [1.54, 1.807) is 7.11 Å². The maximum Gasteiger partial charge on any atom is 0.0936 e. The molecule has 0 aliphatic heterocycles. The van der Waals surface area contributed by atoms with E-state index in [1.165, 1.54) is 0 Å². The van der Waals surface area contributed by atoms with Crippen LogP contribution in [0.5, 0.6) is 0 Å². The monoisotopic (exact) mass is 169 g/mol. The van der Waals surface area contributed by atoms with Crippen molar-refractivity contribution in [2.75, 3.05) is 13.8 Å². The van der Waals surface area contributed by atoms with Gasteiger partial charge in [-0.3, -0.25) is 0 Å². The van der Waals surface area contributed by atoms with Gasteiger partial charge in [-0.05, 0) is 0 Å². The van der Waals surface area contributed by atoms with E-state index in [4.69, 9.17) is 5.73 Å². The summed E-state index contributed by atoms with van der Waals surface area (Å²) in [5, 5.41) is 0. The molecule has 0 radical (unpaired) electrons. The van der Waals surface area contributed by atoms with Crippen molar-refractivity contribution in [1.82, 2.24) is 0 Å². The van der Waals surface area contributed by atoms with Gasteiger partial charge in [0.2, 0.25) is 0 Å². The van der Waals surface area contributed by atoms with Gasteiger partial charge < -0.3 is 10.5 Å². The molecule has 0 unspecified atom stereocenters. The van der Waals surface area contributed by atoms with Gasteiger partial charge in [0, 0.05) is 7.11 Å². The molecule has 2 nitrogen and oxygen atoms in total. The van der Waals surface area contributed by atoms with Gasteiger partial charge in [0.15, 0.2) is 0 Å². The quantitative estimate of drug-likeness (QED) is 0.654. The van der Waals surface area contributed by atoms with E-state index >= 15 is 0 Å². The Hall–Kier alpha value is -0.860. The Kier molecular flexibility index (Phi) is 19.0. The summed E-state index contributed by atoms with van der Waals surface area (Å²) in [4.78, 5) is 0. The first kappa shape index (κ1) is 13.7. The van der Waals surface area contributed by atoms with Crippen molar-refractivity contribution in [2.45, 2.75) is 13.8 Å². The van der Waals surface area contributed by atoms with Crippen LogP contribution in [0.3, 0.4) is 0 Å². The highest BCUT2D eigenvalue weighted by Gasteiger charge is 1.57. The summed E-state index contributed by atoms with van der Waals surface area (Å²) in [6, 6.07) is 12.0. The minimum Gasteiger partial charge on any atom is -0.370 e. The SMILES string of the molecule is CC.COCN.c1ccccc1. The van der Waals surface area contributed by atoms with Crippen molar-refractivity contribution >= 4 is 0 Å². The van der Waals surface area contributed by atoms with E-state index in [0.717, 1.165) is 0 Å². The Morgan fingerprint density at radius 2 is 1.08 bits per heavy atom. The first-order chi connectivity index (χ1) is 5.91. The standard InChI is InChI=1S/C6H6.C2H7NO.C2H6/c1-2-4-6-5-3-1;1-4-2-3;1-2/h1-6H;2-3H2,1H3;1-2H3. The molecule has 2 heteroatoms. The second-order valence-electron chi connectivity index (χ2n) is 1.61. The minimum absolute atomic E-state index is 0.319. The highest BCUT2D eigenvalue weighted by atomic mass is 16.5. The van der Waals surface area contributed by atoms with Gasteiger partial charge in [0.05, 0.1) is 6.73 Å². The molecule has 0 amide bonds. The fraction of sp³-hybridized carbons (Fsp3) is 0.400. The fourth-order valence-corrected chi connectivity index (χ4v) is 0.385. The van der Waals surface area contributed by atoms with E-state index in [2.05, 4.69) is 4.74 Å². The third-order valence-corrected chi connectivity index (χ3v) is 0.833. The third-order valence-electron chi connectivity index (χ3n) is 0.833. The lowest BCUT2D eigenvalue weighted by atomic mass is 10.4. The molecule has 0 bridgehead atoms. The number of hydrogen-bond acceptors (Lipinski definition) is 2. The Morgan fingerprint density at radius 1 is 0.917 bits per heavy atom. The van der Waals surface area contributed by atoms with Crippen LogP contribution in [-0.4, -0.2) is 13.8 Å². The molecule has 0 spiro atoms. The predicted molar refractivity (Wildman–Crippen MR) is 53.9 cm³/mol. The molecule has 2 N–H and O–H groups in total. The average molecular weight is 169 g/mol. The van der Waals surface area contributed by atoms with Crippen LogP contribution in [0.25, 0.3) is 0 Å². The smallest absolute Gasteiger partial charge is 0.0936 e. The van der Waals surface area contributed by atoms with Gasteiger partial charge in [0.1, 0.15) is 0 Å². The molecule has 0 saturated heterocycles. The van der Waals surface area contributed by atoms with E-state index in [0.29, 0.717) is 6.73 Å². The van der Waals surface area contributed by atoms with Crippen molar-refractivity contribution < 1.29 is 4.74 Å². The second-order valence-corrected chi connectivity index (χ2v) is 1.61. The Balaban J connectivity index is 0. The number of benzene rings is 1. The molecule has 0 atom stereocenters. The van der Waals surface area contributed by atoms with Crippen LogP contribution in [0.4, 0.5) is 0 Å². The Bertz CT molecular complexity index is 102. The van der Waals surface area contributed by atoms with Gasteiger partial charge in [-0.15, -0.1) is 0 Å². The summed E-state index contributed by atoms with van der Waals surface area (Å²) in [7, 11) is 1.56. The zero-order valence-electron chi connectivity index (χ0n) is 8.16. The number of methoxy groups -OCH3 is 1. The largest absolute Gasteiger partial charge is 0.370 e. The van der Waals surface area contributed by atoms with Crippen LogP contribution in [0.2, 0.25) is 0 Å². The molecule has 0 saturated carbocycles. The molecule has 0 aliphatic carbocycles. The van der Waals surface area contributed by atoms with Crippen molar-refractivity contribution in [2.24, 2.45) is 5.73 Å². The average Bonchev–Trinajstić information content (AvgIpc) is 2.24. The number of hydrogen-bond donors (Lipinski definition) is 1. The zero-order valence-corrected chi connectivity index (χ0v) is 8.16. The lowest BCUT2D eigenvalue weighted by Crippen LogP contribution is -1.98. The molecule has 12 heavy (non-hydrogen) atoms. The van der Waals surface area contributed by atoms with Crippen molar-refractivity contribution in [3.63, 3.8) is 0 Å². The van der Waals surface area contributed by atoms with E-state index in [1.807, 2.05) is 50.2 Å². The summed E-state index contributed by atoms with van der Waals surface area (Å²) in [6.45, 7) is 4.32. The molecular formula is C10H19NO. The van der Waals surface area contributed by atoms with Crippen LogP contribution in [0.1, 0.15) is 13.8 Å². The first-order valence-corrected chi connectivity index (χ1v) is 4.11. The third kappa shape index (κ3) is 16.1. The molecule has 1 rings (SSSR count). The molecule has 0 aromatic heterocycles. The molecule has 0 aliphatic rings. The van der Waals surface area contributed by atoms with E-state index in [9.17, 15) is 0 Å². The van der Waals surface area contributed by atoms with Gasteiger partial charge in [-0.25, -0.2) is 0 Å². The molecular weight excluding hydrogens is 150 g/mol. The fourth-order valence-electron chi connectivity index (χ4n) is 0.385. The van der Waals surface area contributed by atoms with Crippen LogP contribution in [-0.2, 0) is 4.74 Å². The first-order valence-electron chi connectivity index (χ1n) is 4.11. The van der Waals surface area contributed by atoms with Crippen molar-refractivity contribution in [3.05, 3.63) is 36.4 Å². The second kappa shape index (κ2) is 16.6. The Labute approximate surface area is 75.4 Å². The lowest BCUT2D eigenvalue weighted by Gasteiger charge is -1.77. The van der Waals surface area contributed by atoms with Crippen LogP contribution in [0.15, 0.2) is 36.4 Å².